The predicted molar refractivity (Wildman–Crippen MR) is 131 cm³/mol. The largest absolute Gasteiger partial charge is 0.419 e. The van der Waals surface area contributed by atoms with Crippen molar-refractivity contribution in [1.82, 2.24) is 20.3 Å². The molecule has 0 spiro atoms. The van der Waals surface area contributed by atoms with Gasteiger partial charge in [-0.2, -0.15) is 13.2 Å². The molecule has 1 unspecified atom stereocenters. The van der Waals surface area contributed by atoms with E-state index in [-0.39, 0.29) is 17.0 Å². The molecule has 0 bridgehead atoms. The van der Waals surface area contributed by atoms with E-state index in [1.54, 1.807) is 30.5 Å². The first-order valence-corrected chi connectivity index (χ1v) is 11.6. The molecule has 36 heavy (non-hydrogen) atoms. The Morgan fingerprint density at radius 2 is 2.00 bits per heavy atom. The van der Waals surface area contributed by atoms with Crippen molar-refractivity contribution in [3.63, 3.8) is 0 Å². The maximum atomic E-state index is 14.0. The van der Waals surface area contributed by atoms with Crippen molar-refractivity contribution < 1.29 is 22.7 Å². The zero-order valence-corrected chi connectivity index (χ0v) is 19.5. The summed E-state index contributed by atoms with van der Waals surface area (Å²) < 4.78 is 47.3. The van der Waals surface area contributed by atoms with E-state index in [1.165, 1.54) is 7.05 Å². The molecular weight excluding hydrogens is 473 g/mol. The lowest BCUT2D eigenvalue weighted by Gasteiger charge is -2.27. The number of nitrogens with one attached hydrogen (secondary N) is 3. The van der Waals surface area contributed by atoms with Crippen LogP contribution in [-0.4, -0.2) is 60.3 Å². The summed E-state index contributed by atoms with van der Waals surface area (Å²) in [6.07, 6.45) is 3.36. The predicted octanol–water partition coefficient (Wildman–Crippen LogP) is 3.89. The minimum absolute atomic E-state index is 0.122. The topological polar surface area (TPSA) is 95.2 Å². The van der Waals surface area contributed by atoms with Gasteiger partial charge >= 0.3 is 6.18 Å². The number of rotatable bonds is 5. The third kappa shape index (κ3) is 4.66. The van der Waals surface area contributed by atoms with Gasteiger partial charge in [-0.05, 0) is 24.6 Å². The van der Waals surface area contributed by atoms with Gasteiger partial charge in [-0.3, -0.25) is 4.79 Å². The normalized spacial score (nSPS) is 18.3. The summed E-state index contributed by atoms with van der Waals surface area (Å²) in [7, 11) is 1.49. The molecule has 3 N–H and O–H groups in total. The number of pyridine rings is 2. The summed E-state index contributed by atoms with van der Waals surface area (Å²) in [5.74, 6) is 0.466. The van der Waals surface area contributed by atoms with Gasteiger partial charge in [0.15, 0.2) is 0 Å². The van der Waals surface area contributed by atoms with Crippen LogP contribution in [0.1, 0.15) is 12.0 Å². The number of alkyl halides is 3. The Labute approximate surface area is 205 Å². The number of anilines is 2. The van der Waals surface area contributed by atoms with Gasteiger partial charge in [0.25, 0.3) is 0 Å². The number of ether oxygens (including phenoxy) is 1. The van der Waals surface area contributed by atoms with Crippen LogP contribution in [-0.2, 0) is 15.7 Å². The molecular formula is C25H25F3N6O2. The average molecular weight is 499 g/mol. The fourth-order valence-electron chi connectivity index (χ4n) is 4.44. The molecule has 1 aliphatic carbocycles. The molecule has 1 saturated heterocycles. The molecule has 1 amide bonds. The van der Waals surface area contributed by atoms with E-state index in [9.17, 15) is 18.0 Å². The highest BCUT2D eigenvalue weighted by Crippen LogP contribution is 2.40. The zero-order chi connectivity index (χ0) is 25.3. The Hall–Kier alpha value is -3.86. The molecule has 0 radical (unpaired) electrons. The van der Waals surface area contributed by atoms with Gasteiger partial charge in [-0.25, -0.2) is 9.97 Å². The van der Waals surface area contributed by atoms with Crippen LogP contribution in [0.25, 0.3) is 22.3 Å². The molecule has 3 aromatic rings. The van der Waals surface area contributed by atoms with E-state index in [0.29, 0.717) is 36.5 Å². The highest BCUT2D eigenvalue weighted by molar-refractivity contribution is 5.98. The van der Waals surface area contributed by atoms with Crippen LogP contribution in [0.15, 0.2) is 54.4 Å². The number of fused-ring (bicyclic) bond motifs is 1. The highest BCUT2D eigenvalue weighted by Gasteiger charge is 2.36. The molecule has 0 aromatic carbocycles. The van der Waals surface area contributed by atoms with Crippen molar-refractivity contribution in [2.75, 3.05) is 43.6 Å². The quantitative estimate of drug-likeness (QED) is 0.494. The van der Waals surface area contributed by atoms with E-state index >= 15 is 0 Å². The molecule has 2 aliphatic rings. The number of carbonyl (C=O) groups is 1. The lowest BCUT2D eigenvalue weighted by molar-refractivity contribution is -0.137. The summed E-state index contributed by atoms with van der Waals surface area (Å²) in [6, 6.07) is 4.76. The number of hydrogen-bond donors (Lipinski definition) is 3. The Balaban J connectivity index is 1.52. The van der Waals surface area contributed by atoms with Crippen molar-refractivity contribution in [2.24, 2.45) is 0 Å². The fraction of sp³-hybridized carbons (Fsp3) is 0.320. The van der Waals surface area contributed by atoms with Crippen molar-refractivity contribution >= 4 is 28.4 Å². The van der Waals surface area contributed by atoms with Crippen LogP contribution < -0.4 is 15.5 Å². The zero-order valence-electron chi connectivity index (χ0n) is 19.5. The van der Waals surface area contributed by atoms with Crippen LogP contribution >= 0.6 is 0 Å². The number of nitrogens with zero attached hydrogens (tertiary/aromatic N) is 3. The molecule has 0 saturated carbocycles. The maximum Gasteiger partial charge on any atom is 0.419 e. The van der Waals surface area contributed by atoms with Crippen LogP contribution in [0.5, 0.6) is 0 Å². The van der Waals surface area contributed by atoms with E-state index < -0.39 is 17.8 Å². The summed E-state index contributed by atoms with van der Waals surface area (Å²) >= 11 is 0. The van der Waals surface area contributed by atoms with Gasteiger partial charge in [0.1, 0.15) is 11.5 Å². The van der Waals surface area contributed by atoms with Crippen LogP contribution in [0, 0.1) is 0 Å². The third-order valence-electron chi connectivity index (χ3n) is 6.32. The van der Waals surface area contributed by atoms with Crippen LogP contribution in [0.2, 0.25) is 0 Å². The standard InChI is InChI=1S/C25H25F3N6O2/c1-29-24(35)16-4-2-3-5-19(16)32-22-17-12-20(33-23(17)31-14-18(22)25(26,27)28)15-6-7-21(30-13-15)34-8-10-36-11-9-34/h2-4,6-7,12-14,19H,5,8-11H2,1H3,(H,29,35)(H2,31,32,33). The van der Waals surface area contributed by atoms with Gasteiger partial charge in [0.05, 0.1) is 30.5 Å². The SMILES string of the molecule is CNC(=O)C1=CC=CCC1Nc1c(C(F)(F)F)cnc2[nH]c(-c3ccc(N4CCOCC4)nc3)cc12. The van der Waals surface area contributed by atoms with Crippen molar-refractivity contribution in [3.05, 3.63) is 60.0 Å². The van der Waals surface area contributed by atoms with Gasteiger partial charge in [-0.1, -0.05) is 18.2 Å². The lowest BCUT2D eigenvalue weighted by Crippen LogP contribution is -2.36. The number of allylic oxidation sites excluding steroid dienone is 2. The molecule has 4 heterocycles. The molecule has 5 rings (SSSR count). The molecule has 1 atom stereocenters. The third-order valence-corrected chi connectivity index (χ3v) is 6.32. The Morgan fingerprint density at radius 3 is 2.69 bits per heavy atom. The number of carbonyl (C=O) groups excluding carboxylic acids is 1. The smallest absolute Gasteiger partial charge is 0.378 e. The van der Waals surface area contributed by atoms with E-state index in [4.69, 9.17) is 4.74 Å². The second-order valence-corrected chi connectivity index (χ2v) is 8.56. The average Bonchev–Trinajstić information content (AvgIpc) is 3.34. The molecule has 1 aliphatic heterocycles. The second kappa shape index (κ2) is 9.65. The molecule has 11 heteroatoms. The first-order chi connectivity index (χ1) is 17.3. The second-order valence-electron chi connectivity index (χ2n) is 8.56. The maximum absolute atomic E-state index is 14.0. The number of halogens is 3. The number of aromatic nitrogens is 3. The number of hydrogen-bond acceptors (Lipinski definition) is 6. The number of aromatic amines is 1. The van der Waals surface area contributed by atoms with Crippen molar-refractivity contribution in [1.29, 1.82) is 0 Å². The van der Waals surface area contributed by atoms with E-state index in [0.717, 1.165) is 30.7 Å². The van der Waals surface area contributed by atoms with E-state index in [1.807, 2.05) is 12.1 Å². The Morgan fingerprint density at radius 1 is 1.19 bits per heavy atom. The molecule has 8 nitrogen and oxygen atoms in total. The van der Waals surface area contributed by atoms with Crippen molar-refractivity contribution in [3.8, 4) is 11.3 Å². The van der Waals surface area contributed by atoms with Gasteiger partial charge in [0, 0.05) is 54.7 Å². The summed E-state index contributed by atoms with van der Waals surface area (Å²) in [5.41, 5.74) is 0.948. The molecule has 1 fully saturated rings. The number of morpholine rings is 1. The van der Waals surface area contributed by atoms with E-state index in [2.05, 4.69) is 30.5 Å². The number of amides is 1. The Kier molecular flexibility index (Phi) is 6.40. The lowest BCUT2D eigenvalue weighted by atomic mass is 9.97. The molecule has 3 aromatic heterocycles. The monoisotopic (exact) mass is 498 g/mol. The van der Waals surface area contributed by atoms with Crippen molar-refractivity contribution in [2.45, 2.75) is 18.6 Å². The fourth-order valence-corrected chi connectivity index (χ4v) is 4.44. The van der Waals surface area contributed by atoms with Gasteiger partial charge in [-0.15, -0.1) is 0 Å². The minimum atomic E-state index is -4.64. The highest BCUT2D eigenvalue weighted by atomic mass is 19.4. The Bertz CT molecular complexity index is 1320. The van der Waals surface area contributed by atoms with Gasteiger partial charge < -0.3 is 25.3 Å². The number of likely N-dealkylation sites (N-methyl/N-ethyl adjacent to an activating group) is 1. The molecule has 188 valence electrons. The summed E-state index contributed by atoms with van der Waals surface area (Å²) in [6.45, 7) is 2.78. The van der Waals surface area contributed by atoms with Gasteiger partial charge in [0.2, 0.25) is 5.91 Å². The summed E-state index contributed by atoms with van der Waals surface area (Å²) in [5, 5.41) is 5.81. The summed E-state index contributed by atoms with van der Waals surface area (Å²) in [4.78, 5) is 26.1. The first kappa shape index (κ1) is 23.9. The first-order valence-electron chi connectivity index (χ1n) is 11.6. The minimum Gasteiger partial charge on any atom is -0.378 e. The van der Waals surface area contributed by atoms with Crippen LogP contribution in [0.4, 0.5) is 24.7 Å². The van der Waals surface area contributed by atoms with Crippen LogP contribution in [0.3, 0.4) is 0 Å². The number of H-pyrrole nitrogens is 1.